The van der Waals surface area contributed by atoms with E-state index in [1.807, 2.05) is 20.8 Å². The van der Waals surface area contributed by atoms with Crippen LogP contribution in [0.5, 0.6) is 0 Å². The van der Waals surface area contributed by atoms with E-state index >= 15 is 0 Å². The summed E-state index contributed by atoms with van der Waals surface area (Å²) in [6.07, 6.45) is 7.34. The van der Waals surface area contributed by atoms with Crippen LogP contribution in [0.4, 0.5) is 4.79 Å². The van der Waals surface area contributed by atoms with E-state index in [1.165, 1.54) is 38.5 Å². The summed E-state index contributed by atoms with van der Waals surface area (Å²) in [5, 5.41) is 6.11. The molecule has 0 aromatic carbocycles. The standard InChI is InChI=1S/C19H32N2O3S/c1-18(2,3)24-17(23)20-4-5-25-12-16(22)21-19-9-13-6-14(10-19)8-15(7-13)11-19/h13-15H,4-12H2,1-3H3,(H,20,23)(H,21,22). The van der Waals surface area contributed by atoms with E-state index < -0.39 is 11.7 Å². The van der Waals surface area contributed by atoms with Crippen molar-refractivity contribution in [1.29, 1.82) is 0 Å². The highest BCUT2D eigenvalue weighted by molar-refractivity contribution is 7.99. The molecule has 2 N–H and O–H groups in total. The maximum atomic E-state index is 12.4. The molecule has 0 radical (unpaired) electrons. The summed E-state index contributed by atoms with van der Waals surface area (Å²) in [6, 6.07) is 0. The lowest BCUT2D eigenvalue weighted by Gasteiger charge is -2.56. The van der Waals surface area contributed by atoms with Gasteiger partial charge in [-0.15, -0.1) is 0 Å². The fourth-order valence-electron chi connectivity index (χ4n) is 5.30. The average Bonchev–Trinajstić information content (AvgIpc) is 2.42. The topological polar surface area (TPSA) is 67.4 Å². The molecule has 4 aliphatic rings. The zero-order valence-electron chi connectivity index (χ0n) is 15.7. The zero-order valence-corrected chi connectivity index (χ0v) is 16.5. The first-order chi connectivity index (χ1) is 11.7. The van der Waals surface area contributed by atoms with Crippen LogP contribution in [-0.2, 0) is 9.53 Å². The van der Waals surface area contributed by atoms with E-state index in [0.29, 0.717) is 18.1 Å². The molecule has 4 rings (SSSR count). The van der Waals surface area contributed by atoms with Crippen LogP contribution < -0.4 is 10.6 Å². The van der Waals surface area contributed by atoms with Gasteiger partial charge in [-0.2, -0.15) is 11.8 Å². The second-order valence-corrected chi connectivity index (χ2v) is 10.3. The Kier molecular flexibility index (Phi) is 5.57. The van der Waals surface area contributed by atoms with Gasteiger partial charge in [-0.25, -0.2) is 4.79 Å². The molecule has 0 saturated heterocycles. The molecule has 4 fully saturated rings. The van der Waals surface area contributed by atoms with Gasteiger partial charge in [-0.05, 0) is 77.0 Å². The molecule has 25 heavy (non-hydrogen) atoms. The van der Waals surface area contributed by atoms with Gasteiger partial charge in [0.1, 0.15) is 5.60 Å². The third-order valence-corrected chi connectivity index (χ3v) is 6.55. The van der Waals surface area contributed by atoms with Gasteiger partial charge in [0.25, 0.3) is 0 Å². The van der Waals surface area contributed by atoms with E-state index in [9.17, 15) is 9.59 Å². The van der Waals surface area contributed by atoms with Gasteiger partial charge < -0.3 is 15.4 Å². The van der Waals surface area contributed by atoms with Gasteiger partial charge >= 0.3 is 6.09 Å². The van der Waals surface area contributed by atoms with Gasteiger partial charge in [0.2, 0.25) is 5.91 Å². The number of thioether (sulfide) groups is 1. The minimum atomic E-state index is -0.477. The van der Waals surface area contributed by atoms with Crippen molar-refractivity contribution in [3.63, 3.8) is 0 Å². The predicted molar refractivity (Wildman–Crippen MR) is 101 cm³/mol. The molecule has 0 spiro atoms. The molecule has 142 valence electrons. The lowest BCUT2D eigenvalue weighted by molar-refractivity contribution is -0.124. The van der Waals surface area contributed by atoms with Crippen LogP contribution in [0.15, 0.2) is 0 Å². The molecule has 6 heteroatoms. The highest BCUT2D eigenvalue weighted by Crippen LogP contribution is 2.55. The molecule has 2 amide bonds. The van der Waals surface area contributed by atoms with Crippen molar-refractivity contribution < 1.29 is 14.3 Å². The van der Waals surface area contributed by atoms with E-state index in [4.69, 9.17) is 4.74 Å². The van der Waals surface area contributed by atoms with Crippen molar-refractivity contribution >= 4 is 23.8 Å². The number of rotatable bonds is 6. The van der Waals surface area contributed by atoms with Crippen LogP contribution in [0.1, 0.15) is 59.3 Å². The van der Waals surface area contributed by atoms with Gasteiger partial charge in [-0.3, -0.25) is 4.79 Å². The maximum Gasteiger partial charge on any atom is 0.407 e. The summed E-state index contributed by atoms with van der Waals surface area (Å²) in [5.74, 6) is 3.88. The van der Waals surface area contributed by atoms with Crippen LogP contribution >= 0.6 is 11.8 Å². The van der Waals surface area contributed by atoms with Crippen molar-refractivity contribution in [2.45, 2.75) is 70.4 Å². The van der Waals surface area contributed by atoms with Crippen molar-refractivity contribution in [3.8, 4) is 0 Å². The number of hydrogen-bond donors (Lipinski definition) is 2. The molecule has 5 nitrogen and oxygen atoms in total. The minimum absolute atomic E-state index is 0.0984. The third kappa shape index (κ3) is 5.28. The highest BCUT2D eigenvalue weighted by Gasteiger charge is 2.51. The Balaban J connectivity index is 1.32. The molecule has 4 aliphatic carbocycles. The lowest BCUT2D eigenvalue weighted by atomic mass is 9.53. The summed E-state index contributed by atoms with van der Waals surface area (Å²) in [7, 11) is 0. The van der Waals surface area contributed by atoms with Gasteiger partial charge in [-0.1, -0.05) is 0 Å². The van der Waals surface area contributed by atoms with Crippen LogP contribution in [0.25, 0.3) is 0 Å². The van der Waals surface area contributed by atoms with E-state index in [-0.39, 0.29) is 11.4 Å². The first-order valence-corrected chi connectivity index (χ1v) is 10.7. The lowest BCUT2D eigenvalue weighted by Crippen LogP contribution is -2.60. The molecule has 4 bridgehead atoms. The number of hydrogen-bond acceptors (Lipinski definition) is 4. The van der Waals surface area contributed by atoms with Crippen molar-refractivity contribution in [1.82, 2.24) is 10.6 Å². The minimum Gasteiger partial charge on any atom is -0.444 e. The Morgan fingerprint density at radius 2 is 1.64 bits per heavy atom. The number of carbonyl (C=O) groups excluding carboxylic acids is 2. The monoisotopic (exact) mass is 368 g/mol. The van der Waals surface area contributed by atoms with E-state index in [2.05, 4.69) is 10.6 Å². The number of ether oxygens (including phenoxy) is 1. The summed E-state index contributed by atoms with van der Waals surface area (Å²) in [6.45, 7) is 6.05. The Bertz CT molecular complexity index is 480. The Hall–Kier alpha value is -0.910. The number of amides is 2. The largest absolute Gasteiger partial charge is 0.444 e. The molecule has 0 aromatic rings. The molecule has 0 aromatic heterocycles. The predicted octanol–water partition coefficient (Wildman–Crippen LogP) is 3.33. The van der Waals surface area contributed by atoms with Crippen LogP contribution in [0.3, 0.4) is 0 Å². The van der Waals surface area contributed by atoms with Crippen molar-refractivity contribution in [2.24, 2.45) is 17.8 Å². The zero-order chi connectivity index (χ0) is 18.1. The molecule has 4 saturated carbocycles. The second-order valence-electron chi connectivity index (χ2n) is 9.23. The molecule has 0 unspecified atom stereocenters. The smallest absolute Gasteiger partial charge is 0.407 e. The molecule has 0 heterocycles. The third-order valence-electron chi connectivity index (χ3n) is 5.59. The van der Waals surface area contributed by atoms with Crippen LogP contribution in [0.2, 0.25) is 0 Å². The highest BCUT2D eigenvalue weighted by atomic mass is 32.2. The van der Waals surface area contributed by atoms with Crippen molar-refractivity contribution in [2.75, 3.05) is 18.1 Å². The van der Waals surface area contributed by atoms with Crippen LogP contribution in [-0.4, -0.2) is 41.2 Å². The molecular formula is C19H32N2O3S. The molecular weight excluding hydrogens is 336 g/mol. The molecule has 0 aliphatic heterocycles. The first kappa shape index (κ1) is 18.9. The average molecular weight is 369 g/mol. The van der Waals surface area contributed by atoms with Crippen molar-refractivity contribution in [3.05, 3.63) is 0 Å². The Morgan fingerprint density at radius 1 is 1.08 bits per heavy atom. The summed E-state index contributed by atoms with van der Waals surface area (Å²) >= 11 is 1.57. The summed E-state index contributed by atoms with van der Waals surface area (Å²) in [5.41, 5.74) is -0.379. The van der Waals surface area contributed by atoms with Gasteiger partial charge in [0.15, 0.2) is 0 Å². The Morgan fingerprint density at radius 3 is 2.16 bits per heavy atom. The maximum absolute atomic E-state index is 12.4. The molecule has 0 atom stereocenters. The number of carbonyl (C=O) groups is 2. The normalized spacial score (nSPS) is 33.2. The quantitative estimate of drug-likeness (QED) is 0.706. The number of nitrogens with one attached hydrogen (secondary N) is 2. The SMILES string of the molecule is CC(C)(C)OC(=O)NCCSCC(=O)NC12CC3CC(CC(C3)C1)C2. The van der Waals surface area contributed by atoms with Gasteiger partial charge in [0.05, 0.1) is 5.75 Å². The fraction of sp³-hybridized carbons (Fsp3) is 0.895. The second kappa shape index (κ2) is 7.37. The Labute approximate surface area is 155 Å². The summed E-state index contributed by atoms with van der Waals surface area (Å²) in [4.78, 5) is 23.9. The fourth-order valence-corrected chi connectivity index (χ4v) is 5.95. The van der Waals surface area contributed by atoms with Gasteiger partial charge in [0, 0.05) is 17.8 Å². The first-order valence-electron chi connectivity index (χ1n) is 9.59. The summed E-state index contributed by atoms with van der Waals surface area (Å²) < 4.78 is 5.19. The van der Waals surface area contributed by atoms with E-state index in [1.54, 1.807) is 11.8 Å². The van der Waals surface area contributed by atoms with Crippen LogP contribution in [0, 0.1) is 17.8 Å². The number of alkyl carbamates (subject to hydrolysis) is 1. The van der Waals surface area contributed by atoms with E-state index in [0.717, 1.165) is 17.8 Å².